The molecule has 0 fully saturated rings. The normalized spacial score (nSPS) is 10.5. The Morgan fingerprint density at radius 1 is 1.14 bits per heavy atom. The molecule has 0 spiro atoms. The Morgan fingerprint density at radius 3 is 2.55 bits per heavy atom. The van der Waals surface area contributed by atoms with Crippen LogP contribution in [0.3, 0.4) is 0 Å². The number of hydrogen-bond acceptors (Lipinski definition) is 5. The first-order valence-electron chi connectivity index (χ1n) is 7.02. The molecule has 2 rings (SSSR count). The van der Waals surface area contributed by atoms with Crippen LogP contribution in [-0.4, -0.2) is 48.5 Å². The Hall–Kier alpha value is -1.60. The molecule has 2 aromatic rings. The van der Waals surface area contributed by atoms with E-state index in [4.69, 9.17) is 21.4 Å². The van der Waals surface area contributed by atoms with E-state index in [9.17, 15) is 5.02 Å². The number of para-hydroxylation sites is 1. The topological polar surface area (TPSA) is 65.8 Å². The monoisotopic (exact) mass is 320 g/mol. The third kappa shape index (κ3) is 5.00. The van der Waals surface area contributed by atoms with E-state index >= 15 is 0 Å². The molecule has 0 radical (unpaired) electrons. The zero-order valence-electron chi connectivity index (χ0n) is 12.1. The quantitative estimate of drug-likeness (QED) is 0.709. The van der Waals surface area contributed by atoms with Crippen molar-refractivity contribution >= 4 is 30.0 Å². The summed E-state index contributed by atoms with van der Waals surface area (Å²) in [6, 6.07) is 13.0. The van der Waals surface area contributed by atoms with Crippen molar-refractivity contribution in [3.05, 3.63) is 53.7 Å². The minimum absolute atomic E-state index is 0.0518. The summed E-state index contributed by atoms with van der Waals surface area (Å²) in [5.41, 5.74) is 1.41. The van der Waals surface area contributed by atoms with Crippen LogP contribution >= 0.6 is 11.6 Å². The Balaban J connectivity index is 1.86. The Bertz CT molecular complexity index is 556. The van der Waals surface area contributed by atoms with Crippen molar-refractivity contribution in [2.75, 3.05) is 31.2 Å². The van der Waals surface area contributed by atoms with Crippen LogP contribution in [0, 0.1) is 0 Å². The van der Waals surface area contributed by atoms with Gasteiger partial charge in [-0.3, -0.25) is 4.98 Å². The third-order valence-electron chi connectivity index (χ3n) is 3.13. The maximum absolute atomic E-state index is 9.93. The molecule has 22 heavy (non-hydrogen) atoms. The number of aromatic nitrogens is 1. The van der Waals surface area contributed by atoms with Crippen LogP contribution in [0.15, 0.2) is 48.7 Å². The van der Waals surface area contributed by atoms with E-state index in [1.165, 1.54) is 6.20 Å². The fourth-order valence-corrected chi connectivity index (χ4v) is 2.13. The lowest BCUT2D eigenvalue weighted by molar-refractivity contribution is 0.266. The number of pyridine rings is 1. The van der Waals surface area contributed by atoms with Gasteiger partial charge >= 0.3 is 7.12 Å². The molecule has 116 valence electrons. The summed E-state index contributed by atoms with van der Waals surface area (Å²) in [5, 5.41) is 19.6. The average molecular weight is 321 g/mol. The van der Waals surface area contributed by atoms with Crippen LogP contribution < -0.4 is 10.5 Å². The minimum Gasteiger partial charge on any atom is -0.422 e. The Labute approximate surface area is 135 Å². The molecule has 0 amide bonds. The molecule has 1 aromatic heterocycles. The predicted octanol–water partition coefficient (Wildman–Crippen LogP) is 0.938. The van der Waals surface area contributed by atoms with Gasteiger partial charge in [-0.15, -0.1) is 0 Å². The second kappa shape index (κ2) is 8.75. The molecule has 0 aliphatic heterocycles. The predicted molar refractivity (Wildman–Crippen MR) is 88.5 cm³/mol. The highest BCUT2D eigenvalue weighted by molar-refractivity contribution is 6.58. The van der Waals surface area contributed by atoms with Gasteiger partial charge in [0, 0.05) is 31.6 Å². The van der Waals surface area contributed by atoms with E-state index in [0.717, 1.165) is 5.69 Å². The van der Waals surface area contributed by atoms with Crippen LogP contribution in [0.5, 0.6) is 0 Å². The molecule has 1 heterocycles. The van der Waals surface area contributed by atoms with Crippen molar-refractivity contribution in [1.29, 1.82) is 0 Å². The van der Waals surface area contributed by atoms with Crippen LogP contribution in [0.2, 0.25) is 5.02 Å². The number of aliphatic hydroxyl groups is 1. The second-order valence-electron chi connectivity index (χ2n) is 4.67. The number of halogens is 1. The van der Waals surface area contributed by atoms with Crippen LogP contribution in [0.1, 0.15) is 0 Å². The van der Waals surface area contributed by atoms with Crippen molar-refractivity contribution < 1.29 is 14.8 Å². The number of aliphatic hydroxyl groups excluding tert-OH is 1. The molecule has 7 heteroatoms. The van der Waals surface area contributed by atoms with Crippen molar-refractivity contribution in [3.63, 3.8) is 0 Å². The summed E-state index contributed by atoms with van der Waals surface area (Å²) in [6.45, 7) is 1.41. The lowest BCUT2D eigenvalue weighted by atomic mass is 9.85. The van der Waals surface area contributed by atoms with E-state index in [1.807, 2.05) is 35.2 Å². The van der Waals surface area contributed by atoms with Crippen molar-refractivity contribution in [2.45, 2.75) is 0 Å². The van der Waals surface area contributed by atoms with E-state index in [1.54, 1.807) is 12.1 Å². The van der Waals surface area contributed by atoms with Crippen LogP contribution in [0.25, 0.3) is 0 Å². The number of benzene rings is 1. The summed E-state index contributed by atoms with van der Waals surface area (Å²) >= 11 is 5.75. The standard InChI is InChI=1S/C15H18BClN2O3/c17-13-6-7-15(18-12-13)16(21)22-11-9-19(8-10-20)14-4-2-1-3-5-14/h1-7,12,20-21H,8-11H2. The molecule has 2 N–H and O–H groups in total. The fraction of sp³-hybridized carbons (Fsp3) is 0.267. The van der Waals surface area contributed by atoms with Gasteiger partial charge in [0.1, 0.15) is 0 Å². The maximum Gasteiger partial charge on any atom is 0.510 e. The number of nitrogens with zero attached hydrogens (tertiary/aromatic N) is 2. The SMILES string of the molecule is OCCN(CCOB(O)c1ccc(Cl)cn1)c1ccccc1. The molecule has 0 saturated heterocycles. The van der Waals surface area contributed by atoms with E-state index in [2.05, 4.69) is 4.98 Å². The fourth-order valence-electron chi connectivity index (χ4n) is 2.02. The van der Waals surface area contributed by atoms with Crippen molar-refractivity contribution in [3.8, 4) is 0 Å². The molecule has 0 aliphatic rings. The molecule has 0 saturated carbocycles. The van der Waals surface area contributed by atoms with Crippen LogP contribution in [0.4, 0.5) is 5.69 Å². The molecule has 0 unspecified atom stereocenters. The maximum atomic E-state index is 9.93. The van der Waals surface area contributed by atoms with Gasteiger partial charge < -0.3 is 19.7 Å². The molecule has 5 nitrogen and oxygen atoms in total. The van der Waals surface area contributed by atoms with Gasteiger partial charge in [-0.05, 0) is 24.3 Å². The van der Waals surface area contributed by atoms with Gasteiger partial charge in [-0.1, -0.05) is 29.8 Å². The highest BCUT2D eigenvalue weighted by Crippen LogP contribution is 2.12. The first kappa shape index (κ1) is 16.8. The zero-order valence-corrected chi connectivity index (χ0v) is 12.9. The Morgan fingerprint density at radius 2 is 1.91 bits per heavy atom. The van der Waals surface area contributed by atoms with Gasteiger partial charge in [-0.25, -0.2) is 0 Å². The van der Waals surface area contributed by atoms with E-state index in [-0.39, 0.29) is 6.61 Å². The Kier molecular flexibility index (Phi) is 6.67. The summed E-state index contributed by atoms with van der Waals surface area (Å²) in [4.78, 5) is 6.00. The van der Waals surface area contributed by atoms with Gasteiger partial charge in [0.15, 0.2) is 0 Å². The lowest BCUT2D eigenvalue weighted by Gasteiger charge is -2.24. The number of rotatable bonds is 8. The van der Waals surface area contributed by atoms with Gasteiger partial charge in [0.2, 0.25) is 0 Å². The van der Waals surface area contributed by atoms with E-state index < -0.39 is 7.12 Å². The van der Waals surface area contributed by atoms with Gasteiger partial charge in [-0.2, -0.15) is 0 Å². The molecule has 0 aliphatic carbocycles. The summed E-state index contributed by atoms with van der Waals surface area (Å²) in [7, 11) is -1.09. The number of hydrogen-bond donors (Lipinski definition) is 2. The molecular formula is C15H18BClN2O3. The second-order valence-corrected chi connectivity index (χ2v) is 5.11. The molecular weight excluding hydrogens is 302 g/mol. The zero-order chi connectivity index (χ0) is 15.8. The van der Waals surface area contributed by atoms with Crippen molar-refractivity contribution in [2.24, 2.45) is 0 Å². The first-order chi connectivity index (χ1) is 10.7. The average Bonchev–Trinajstić information content (AvgIpc) is 2.55. The highest BCUT2D eigenvalue weighted by atomic mass is 35.5. The van der Waals surface area contributed by atoms with Crippen molar-refractivity contribution in [1.82, 2.24) is 4.98 Å². The highest BCUT2D eigenvalue weighted by Gasteiger charge is 2.18. The molecule has 0 atom stereocenters. The summed E-state index contributed by atoms with van der Waals surface area (Å²) in [6.07, 6.45) is 1.46. The minimum atomic E-state index is -1.09. The smallest absolute Gasteiger partial charge is 0.422 e. The largest absolute Gasteiger partial charge is 0.510 e. The van der Waals surface area contributed by atoms with Crippen LogP contribution in [-0.2, 0) is 4.65 Å². The molecule has 0 bridgehead atoms. The molecule has 1 aromatic carbocycles. The number of anilines is 1. The van der Waals surface area contributed by atoms with Gasteiger partial charge in [0.05, 0.1) is 17.2 Å². The lowest BCUT2D eigenvalue weighted by Crippen LogP contribution is -2.39. The summed E-state index contributed by atoms with van der Waals surface area (Å²) in [5.74, 6) is 0. The van der Waals surface area contributed by atoms with Gasteiger partial charge in [0.25, 0.3) is 0 Å². The van der Waals surface area contributed by atoms with E-state index in [0.29, 0.717) is 30.3 Å². The summed E-state index contributed by atoms with van der Waals surface area (Å²) < 4.78 is 5.39. The first-order valence-corrected chi connectivity index (χ1v) is 7.40. The third-order valence-corrected chi connectivity index (χ3v) is 3.36.